The lowest BCUT2D eigenvalue weighted by atomic mass is 9.96. The van der Waals surface area contributed by atoms with Gasteiger partial charge in [0.2, 0.25) is 5.91 Å². The molecular weight excluding hydrogens is 178 g/mol. The van der Waals surface area contributed by atoms with Crippen molar-refractivity contribution in [2.24, 2.45) is 5.92 Å². The fourth-order valence-electron chi connectivity index (χ4n) is 1.24. The van der Waals surface area contributed by atoms with Crippen LogP contribution in [0, 0.1) is 5.92 Å². The van der Waals surface area contributed by atoms with Crippen molar-refractivity contribution in [2.75, 3.05) is 0 Å². The lowest BCUT2D eigenvalue weighted by Crippen LogP contribution is -2.43. The first-order valence-corrected chi connectivity index (χ1v) is 4.93. The molecule has 3 heteroatoms. The maximum atomic E-state index is 11.2. The van der Waals surface area contributed by atoms with Crippen molar-refractivity contribution in [3.63, 3.8) is 0 Å². The highest BCUT2D eigenvalue weighted by molar-refractivity contribution is 5.88. The zero-order valence-electron chi connectivity index (χ0n) is 9.17. The Morgan fingerprint density at radius 2 is 2.07 bits per heavy atom. The van der Waals surface area contributed by atoms with Crippen LogP contribution in [0.2, 0.25) is 0 Å². The number of amides is 1. The number of carbonyl (C=O) groups excluding carboxylic acids is 2. The average molecular weight is 197 g/mol. The summed E-state index contributed by atoms with van der Waals surface area (Å²) in [5.41, 5.74) is 0. The second kappa shape index (κ2) is 6.35. The van der Waals surface area contributed by atoms with E-state index in [2.05, 4.69) is 11.9 Å². The Morgan fingerprint density at radius 1 is 1.50 bits per heavy atom. The van der Waals surface area contributed by atoms with Gasteiger partial charge < -0.3 is 5.32 Å². The van der Waals surface area contributed by atoms with Crippen LogP contribution < -0.4 is 5.32 Å². The highest BCUT2D eigenvalue weighted by Crippen LogP contribution is 2.08. The van der Waals surface area contributed by atoms with E-state index in [4.69, 9.17) is 0 Å². The van der Waals surface area contributed by atoms with E-state index in [0.29, 0.717) is 0 Å². The zero-order chi connectivity index (χ0) is 11.1. The van der Waals surface area contributed by atoms with Crippen LogP contribution in [0.15, 0.2) is 12.7 Å². The molecule has 0 bridgehead atoms. The van der Waals surface area contributed by atoms with Crippen molar-refractivity contribution in [1.82, 2.24) is 5.32 Å². The largest absolute Gasteiger partial charge is 0.346 e. The second-order valence-corrected chi connectivity index (χ2v) is 3.53. The van der Waals surface area contributed by atoms with E-state index in [1.165, 1.54) is 13.0 Å². The third kappa shape index (κ3) is 4.21. The standard InChI is InChI=1S/C11H19NO2/c1-5-7-10(14)12-11(9(4)13)8(3)6-2/h5,8,11H,1,6-7H2,2-4H3,(H,12,14)/t8-,11?/m0/s1. The molecular formula is C11H19NO2. The van der Waals surface area contributed by atoms with Gasteiger partial charge in [-0.3, -0.25) is 9.59 Å². The van der Waals surface area contributed by atoms with Crippen LogP contribution in [0.3, 0.4) is 0 Å². The Hall–Kier alpha value is -1.12. The van der Waals surface area contributed by atoms with Gasteiger partial charge in [0.25, 0.3) is 0 Å². The maximum Gasteiger partial charge on any atom is 0.224 e. The van der Waals surface area contributed by atoms with Gasteiger partial charge in [0.15, 0.2) is 5.78 Å². The molecule has 0 aliphatic carbocycles. The summed E-state index contributed by atoms with van der Waals surface area (Å²) in [4.78, 5) is 22.5. The predicted octanol–water partition coefficient (Wildman–Crippen LogP) is 1.68. The van der Waals surface area contributed by atoms with Gasteiger partial charge in [0.1, 0.15) is 0 Å². The molecule has 1 amide bonds. The predicted molar refractivity (Wildman–Crippen MR) is 56.9 cm³/mol. The molecule has 0 saturated heterocycles. The van der Waals surface area contributed by atoms with E-state index < -0.39 is 0 Å². The molecule has 0 fully saturated rings. The molecule has 0 rings (SSSR count). The summed E-state index contributed by atoms with van der Waals surface area (Å²) >= 11 is 0. The molecule has 3 nitrogen and oxygen atoms in total. The Labute approximate surface area is 85.6 Å². The van der Waals surface area contributed by atoms with Crippen molar-refractivity contribution in [1.29, 1.82) is 0 Å². The van der Waals surface area contributed by atoms with Gasteiger partial charge >= 0.3 is 0 Å². The summed E-state index contributed by atoms with van der Waals surface area (Å²) in [5.74, 6) is 0.0542. The Morgan fingerprint density at radius 3 is 2.43 bits per heavy atom. The second-order valence-electron chi connectivity index (χ2n) is 3.53. The Kier molecular flexibility index (Phi) is 5.84. The average Bonchev–Trinajstić information content (AvgIpc) is 2.13. The molecule has 2 atom stereocenters. The fourth-order valence-corrected chi connectivity index (χ4v) is 1.24. The quantitative estimate of drug-likeness (QED) is 0.658. The summed E-state index contributed by atoms with van der Waals surface area (Å²) in [6.45, 7) is 8.94. The first-order valence-electron chi connectivity index (χ1n) is 4.93. The van der Waals surface area contributed by atoms with Gasteiger partial charge in [-0.05, 0) is 12.8 Å². The smallest absolute Gasteiger partial charge is 0.224 e. The number of nitrogens with one attached hydrogen (secondary N) is 1. The minimum atomic E-state index is -0.354. The van der Waals surface area contributed by atoms with Crippen LogP contribution in [-0.2, 0) is 9.59 Å². The Bertz CT molecular complexity index is 223. The third-order valence-corrected chi connectivity index (χ3v) is 2.30. The topological polar surface area (TPSA) is 46.2 Å². The van der Waals surface area contributed by atoms with E-state index >= 15 is 0 Å². The molecule has 0 aliphatic heterocycles. The number of hydrogen-bond donors (Lipinski definition) is 1. The molecule has 0 aromatic rings. The monoisotopic (exact) mass is 197 g/mol. The lowest BCUT2D eigenvalue weighted by molar-refractivity contribution is -0.127. The molecule has 0 aliphatic rings. The minimum Gasteiger partial charge on any atom is -0.346 e. The van der Waals surface area contributed by atoms with Gasteiger partial charge in [-0.15, -0.1) is 6.58 Å². The van der Waals surface area contributed by atoms with Crippen molar-refractivity contribution in [3.05, 3.63) is 12.7 Å². The molecule has 0 radical (unpaired) electrons. The van der Waals surface area contributed by atoms with E-state index in [-0.39, 0.29) is 30.1 Å². The van der Waals surface area contributed by atoms with Gasteiger partial charge in [0, 0.05) is 6.42 Å². The van der Waals surface area contributed by atoms with E-state index in [0.717, 1.165) is 6.42 Å². The normalized spacial score (nSPS) is 14.2. The molecule has 1 N–H and O–H groups in total. The first kappa shape index (κ1) is 12.9. The molecule has 0 aromatic heterocycles. The van der Waals surface area contributed by atoms with Gasteiger partial charge in [-0.25, -0.2) is 0 Å². The molecule has 0 saturated carbocycles. The van der Waals surface area contributed by atoms with Crippen LogP contribution in [0.4, 0.5) is 0 Å². The SMILES string of the molecule is C=CCC(=O)NC(C(C)=O)[C@@H](C)CC. The number of Topliss-reactive ketones (excluding diaryl/α,β-unsaturated/α-hetero) is 1. The molecule has 80 valence electrons. The van der Waals surface area contributed by atoms with Crippen LogP contribution in [-0.4, -0.2) is 17.7 Å². The summed E-state index contributed by atoms with van der Waals surface area (Å²) in [5, 5.41) is 2.71. The van der Waals surface area contributed by atoms with Crippen LogP contribution in [0.5, 0.6) is 0 Å². The van der Waals surface area contributed by atoms with Crippen LogP contribution in [0.1, 0.15) is 33.6 Å². The number of rotatable bonds is 6. The summed E-state index contributed by atoms with van der Waals surface area (Å²) in [7, 11) is 0. The molecule has 0 spiro atoms. The molecule has 0 aromatic carbocycles. The molecule has 1 unspecified atom stereocenters. The van der Waals surface area contributed by atoms with Crippen LogP contribution >= 0.6 is 0 Å². The highest BCUT2D eigenvalue weighted by atomic mass is 16.2. The van der Waals surface area contributed by atoms with Gasteiger partial charge in [-0.1, -0.05) is 26.3 Å². The van der Waals surface area contributed by atoms with Gasteiger partial charge in [-0.2, -0.15) is 0 Å². The molecule has 0 heterocycles. The lowest BCUT2D eigenvalue weighted by Gasteiger charge is -2.21. The summed E-state index contributed by atoms with van der Waals surface area (Å²) in [6, 6.07) is -0.354. The maximum absolute atomic E-state index is 11.2. The fraction of sp³-hybridized carbons (Fsp3) is 0.636. The van der Waals surface area contributed by atoms with E-state index in [9.17, 15) is 9.59 Å². The number of ketones is 1. The number of carbonyl (C=O) groups is 2. The Balaban J connectivity index is 4.29. The van der Waals surface area contributed by atoms with E-state index in [1.54, 1.807) is 0 Å². The number of hydrogen-bond acceptors (Lipinski definition) is 2. The van der Waals surface area contributed by atoms with Crippen LogP contribution in [0.25, 0.3) is 0 Å². The molecule has 14 heavy (non-hydrogen) atoms. The summed E-state index contributed by atoms with van der Waals surface area (Å²) < 4.78 is 0. The first-order chi connectivity index (χ1) is 6.52. The van der Waals surface area contributed by atoms with Gasteiger partial charge in [0.05, 0.1) is 6.04 Å². The summed E-state index contributed by atoms with van der Waals surface area (Å²) in [6.07, 6.45) is 2.67. The van der Waals surface area contributed by atoms with Crippen molar-refractivity contribution in [2.45, 2.75) is 39.7 Å². The third-order valence-electron chi connectivity index (χ3n) is 2.30. The zero-order valence-corrected chi connectivity index (χ0v) is 9.17. The highest BCUT2D eigenvalue weighted by Gasteiger charge is 2.21. The van der Waals surface area contributed by atoms with Crippen molar-refractivity contribution in [3.8, 4) is 0 Å². The minimum absolute atomic E-state index is 0.0109. The van der Waals surface area contributed by atoms with E-state index in [1.807, 2.05) is 13.8 Å². The van der Waals surface area contributed by atoms with Crippen molar-refractivity contribution >= 4 is 11.7 Å². The van der Waals surface area contributed by atoms with Crippen molar-refractivity contribution < 1.29 is 9.59 Å².